The molecule has 0 heterocycles. The minimum atomic E-state index is 0. The minimum Gasteiger partial charge on any atom is -1.00 e. The molecule has 0 amide bonds. The molecule has 0 aliphatic heterocycles. The van der Waals surface area contributed by atoms with Gasteiger partial charge in [0.05, 0.1) is 0 Å². The molecule has 0 spiro atoms. The molecule has 11 heavy (non-hydrogen) atoms. The number of halogens is 2. The summed E-state index contributed by atoms with van der Waals surface area (Å²) >= 11 is 0. The molecule has 2 nitrogen and oxygen atoms in total. The first kappa shape index (κ1) is 18.0. The van der Waals surface area contributed by atoms with E-state index in [2.05, 4.69) is 0 Å². The molecule has 0 radical (unpaired) electrons. The average Bonchev–Trinajstić information content (AvgIpc) is 1.77. The Kier molecular flexibility index (Phi) is 15.1. The maximum Gasteiger partial charge on any atom is 2.00 e. The fourth-order valence-electron chi connectivity index (χ4n) is 1.19. The van der Waals surface area contributed by atoms with Gasteiger partial charge < -0.3 is 36.3 Å². The normalized spacial score (nSPS) is 28.9. The second-order valence-electron chi connectivity index (χ2n) is 2.61. The van der Waals surface area contributed by atoms with E-state index < -0.39 is 0 Å². The Balaban J connectivity index is -0.000000213. The van der Waals surface area contributed by atoms with Gasteiger partial charge in [-0.25, -0.2) is 0 Å². The van der Waals surface area contributed by atoms with Crippen LogP contribution < -0.4 is 36.3 Å². The van der Waals surface area contributed by atoms with Crippen molar-refractivity contribution in [3.05, 3.63) is 0 Å². The largest absolute Gasteiger partial charge is 2.00 e. The van der Waals surface area contributed by atoms with Crippen LogP contribution in [0.3, 0.4) is 0 Å². The number of hydrogen-bond donors (Lipinski definition) is 2. The molecule has 1 rings (SSSR count). The summed E-state index contributed by atoms with van der Waals surface area (Å²) in [7, 11) is 0. The van der Waals surface area contributed by atoms with Crippen molar-refractivity contribution in [2.24, 2.45) is 11.5 Å². The fourth-order valence-corrected chi connectivity index (χ4v) is 1.19. The Labute approximate surface area is 93.4 Å². The van der Waals surface area contributed by atoms with E-state index in [4.69, 9.17) is 11.5 Å². The van der Waals surface area contributed by atoms with Crippen molar-refractivity contribution >= 4 is 0 Å². The van der Waals surface area contributed by atoms with Crippen LogP contribution in [0, 0.1) is 0 Å². The second kappa shape index (κ2) is 9.21. The Morgan fingerprint density at radius 1 is 0.818 bits per heavy atom. The molecule has 1 aliphatic rings. The molecule has 5 heteroatoms. The van der Waals surface area contributed by atoms with Gasteiger partial charge in [-0.15, -0.1) is 0 Å². The van der Waals surface area contributed by atoms with Crippen LogP contribution in [0.5, 0.6) is 0 Å². The molecule has 1 fully saturated rings. The molecular formula is C6H14Cl2N2Zn. The van der Waals surface area contributed by atoms with Crippen molar-refractivity contribution in [2.45, 2.75) is 37.8 Å². The van der Waals surface area contributed by atoms with Crippen molar-refractivity contribution in [3.8, 4) is 0 Å². The summed E-state index contributed by atoms with van der Waals surface area (Å²) < 4.78 is 0. The number of nitrogens with two attached hydrogens (primary N) is 2. The van der Waals surface area contributed by atoms with Crippen molar-refractivity contribution in [3.63, 3.8) is 0 Å². The zero-order valence-corrected chi connectivity index (χ0v) is 11.1. The number of hydrogen-bond acceptors (Lipinski definition) is 2. The van der Waals surface area contributed by atoms with Crippen LogP contribution in [0.4, 0.5) is 0 Å². The zero-order chi connectivity index (χ0) is 5.98. The molecule has 1 saturated carbocycles. The summed E-state index contributed by atoms with van der Waals surface area (Å²) in [6.45, 7) is 0. The quantitative estimate of drug-likeness (QED) is 0.421. The molecular weight excluding hydrogens is 236 g/mol. The third kappa shape index (κ3) is 6.30. The van der Waals surface area contributed by atoms with E-state index in [9.17, 15) is 0 Å². The van der Waals surface area contributed by atoms with Gasteiger partial charge in [0.2, 0.25) is 0 Å². The van der Waals surface area contributed by atoms with Gasteiger partial charge >= 0.3 is 19.5 Å². The van der Waals surface area contributed by atoms with Crippen molar-refractivity contribution in [1.29, 1.82) is 0 Å². The van der Waals surface area contributed by atoms with Gasteiger partial charge in [-0.2, -0.15) is 0 Å². The van der Waals surface area contributed by atoms with Gasteiger partial charge in [-0.1, -0.05) is 12.8 Å². The molecule has 0 aromatic rings. The average molecular weight is 250 g/mol. The Morgan fingerprint density at radius 3 is 1.27 bits per heavy atom. The Hall–Kier alpha value is 1.12. The topological polar surface area (TPSA) is 52.0 Å². The predicted molar refractivity (Wildman–Crippen MR) is 34.4 cm³/mol. The van der Waals surface area contributed by atoms with E-state index in [1.165, 1.54) is 12.8 Å². The zero-order valence-electron chi connectivity index (χ0n) is 6.60. The smallest absolute Gasteiger partial charge is 1.00 e. The molecule has 64 valence electrons. The summed E-state index contributed by atoms with van der Waals surface area (Å²) in [6, 6.07) is 0.562. The molecule has 1 aliphatic carbocycles. The van der Waals surface area contributed by atoms with Gasteiger partial charge in [0.15, 0.2) is 0 Å². The molecule has 2 unspecified atom stereocenters. The van der Waals surface area contributed by atoms with Crippen LogP contribution in [0.1, 0.15) is 25.7 Å². The SMILES string of the molecule is NC1CCCCC1N.[Cl-].[Cl-].[Zn+2]. The predicted octanol–water partition coefficient (Wildman–Crippen LogP) is -5.78. The van der Waals surface area contributed by atoms with Gasteiger partial charge in [-0.3, -0.25) is 0 Å². The third-order valence-electron chi connectivity index (χ3n) is 1.87. The summed E-state index contributed by atoms with van der Waals surface area (Å²) in [6.07, 6.45) is 4.80. The first-order chi connectivity index (χ1) is 3.80. The molecule has 0 bridgehead atoms. The van der Waals surface area contributed by atoms with Crippen LogP contribution in [-0.2, 0) is 19.5 Å². The monoisotopic (exact) mass is 248 g/mol. The third-order valence-corrected chi connectivity index (χ3v) is 1.87. The minimum absolute atomic E-state index is 0. The van der Waals surface area contributed by atoms with E-state index in [0.717, 1.165) is 12.8 Å². The summed E-state index contributed by atoms with van der Waals surface area (Å²) in [5.41, 5.74) is 11.3. The van der Waals surface area contributed by atoms with Crippen LogP contribution in [0.25, 0.3) is 0 Å². The van der Waals surface area contributed by atoms with Crippen molar-refractivity contribution < 1.29 is 44.3 Å². The van der Waals surface area contributed by atoms with Crippen LogP contribution in [-0.4, -0.2) is 12.1 Å². The molecule has 4 N–H and O–H groups in total. The Morgan fingerprint density at radius 2 is 1.09 bits per heavy atom. The maximum absolute atomic E-state index is 5.65. The summed E-state index contributed by atoms with van der Waals surface area (Å²) in [4.78, 5) is 0. The van der Waals surface area contributed by atoms with Gasteiger partial charge in [0, 0.05) is 12.1 Å². The first-order valence-corrected chi connectivity index (χ1v) is 3.32. The number of rotatable bonds is 0. The molecule has 0 saturated heterocycles. The maximum atomic E-state index is 5.65. The van der Waals surface area contributed by atoms with Gasteiger partial charge in [0.25, 0.3) is 0 Å². The fraction of sp³-hybridized carbons (Fsp3) is 1.00. The van der Waals surface area contributed by atoms with Crippen LogP contribution in [0.15, 0.2) is 0 Å². The summed E-state index contributed by atoms with van der Waals surface area (Å²) in [5.74, 6) is 0. The van der Waals surface area contributed by atoms with E-state index in [1.54, 1.807) is 0 Å². The molecule has 0 aromatic heterocycles. The van der Waals surface area contributed by atoms with Crippen molar-refractivity contribution in [1.82, 2.24) is 0 Å². The first-order valence-electron chi connectivity index (χ1n) is 3.32. The van der Waals surface area contributed by atoms with Crippen molar-refractivity contribution in [2.75, 3.05) is 0 Å². The van der Waals surface area contributed by atoms with Crippen LogP contribution >= 0.6 is 0 Å². The second-order valence-corrected chi connectivity index (χ2v) is 2.61. The summed E-state index contributed by atoms with van der Waals surface area (Å²) in [5, 5.41) is 0. The van der Waals surface area contributed by atoms with Crippen LogP contribution in [0.2, 0.25) is 0 Å². The van der Waals surface area contributed by atoms with Gasteiger partial charge in [-0.05, 0) is 12.8 Å². The van der Waals surface area contributed by atoms with E-state index >= 15 is 0 Å². The standard InChI is InChI=1S/C6H14N2.2ClH.Zn/c7-5-3-1-2-4-6(5)8;;;/h5-6H,1-4,7-8H2;2*1H;/q;;;+2/p-2. The van der Waals surface area contributed by atoms with Gasteiger partial charge in [0.1, 0.15) is 0 Å². The Bertz CT molecular complexity index is 75.0. The van der Waals surface area contributed by atoms with E-state index in [0.29, 0.717) is 0 Å². The van der Waals surface area contributed by atoms with E-state index in [1.807, 2.05) is 0 Å². The van der Waals surface area contributed by atoms with E-state index in [-0.39, 0.29) is 56.4 Å². The molecule has 2 atom stereocenters. The molecule has 0 aromatic carbocycles.